The summed E-state index contributed by atoms with van der Waals surface area (Å²) in [6.07, 6.45) is 5.66. The molecule has 0 fully saturated rings. The van der Waals surface area contributed by atoms with Gasteiger partial charge in [0.1, 0.15) is 5.76 Å². The lowest BCUT2D eigenvalue weighted by atomic mass is 9.95. The summed E-state index contributed by atoms with van der Waals surface area (Å²) < 4.78 is 16.2. The Labute approximate surface area is 169 Å². The van der Waals surface area contributed by atoms with Crippen LogP contribution < -0.4 is 9.47 Å². The van der Waals surface area contributed by atoms with Crippen molar-refractivity contribution >= 4 is 5.91 Å². The summed E-state index contributed by atoms with van der Waals surface area (Å²) in [4.78, 5) is 15.2. The number of carbonyl (C=O) groups is 1. The Morgan fingerprint density at radius 1 is 1.14 bits per heavy atom. The number of hydrogen-bond donors (Lipinski definition) is 1. The highest BCUT2D eigenvalue weighted by Crippen LogP contribution is 2.29. The third-order valence-corrected chi connectivity index (χ3v) is 5.29. The number of rotatable bonds is 7. The van der Waals surface area contributed by atoms with Crippen molar-refractivity contribution in [3.8, 4) is 11.5 Å². The van der Waals surface area contributed by atoms with Crippen LogP contribution in [-0.2, 0) is 25.9 Å². The van der Waals surface area contributed by atoms with Crippen LogP contribution in [-0.4, -0.2) is 35.2 Å². The number of aryl methyl sites for hydroxylation is 1. The Kier molecular flexibility index (Phi) is 5.55. The first-order chi connectivity index (χ1) is 14.2. The topological polar surface area (TPSA) is 80.6 Å². The van der Waals surface area contributed by atoms with Crippen LogP contribution in [0.15, 0.2) is 41.0 Å². The van der Waals surface area contributed by atoms with E-state index in [2.05, 4.69) is 10.2 Å². The van der Waals surface area contributed by atoms with Gasteiger partial charge in [-0.2, -0.15) is 5.10 Å². The Morgan fingerprint density at radius 3 is 2.72 bits per heavy atom. The fraction of sp³-hybridized carbons (Fsp3) is 0.364. The van der Waals surface area contributed by atoms with Gasteiger partial charge < -0.3 is 18.8 Å². The number of benzene rings is 1. The first-order valence-electron chi connectivity index (χ1n) is 9.78. The molecule has 0 saturated heterocycles. The summed E-state index contributed by atoms with van der Waals surface area (Å²) in [5.74, 6) is 1.91. The fourth-order valence-corrected chi connectivity index (χ4v) is 3.80. The molecule has 0 bridgehead atoms. The van der Waals surface area contributed by atoms with Crippen molar-refractivity contribution < 1.29 is 18.7 Å². The van der Waals surface area contributed by atoms with Gasteiger partial charge in [0.25, 0.3) is 5.91 Å². The third kappa shape index (κ3) is 3.99. The number of hydrogen-bond acceptors (Lipinski definition) is 5. The molecule has 0 radical (unpaired) electrons. The second-order valence-electron chi connectivity index (χ2n) is 7.17. The zero-order chi connectivity index (χ0) is 20.2. The molecule has 4 rings (SSSR count). The SMILES string of the molecule is COc1ccc(CN(Cc2ccco2)C(=O)c2n[nH]c3c2CCCC3)cc1OC. The van der Waals surface area contributed by atoms with E-state index in [1.54, 1.807) is 25.4 Å². The molecule has 29 heavy (non-hydrogen) atoms. The van der Waals surface area contributed by atoms with Crippen LogP contribution >= 0.6 is 0 Å². The van der Waals surface area contributed by atoms with E-state index in [1.165, 1.54) is 0 Å². The molecule has 2 heterocycles. The molecular weight excluding hydrogens is 370 g/mol. The van der Waals surface area contributed by atoms with Crippen LogP contribution in [0.4, 0.5) is 0 Å². The normalized spacial score (nSPS) is 13.0. The van der Waals surface area contributed by atoms with E-state index in [-0.39, 0.29) is 5.91 Å². The first-order valence-corrected chi connectivity index (χ1v) is 9.78. The van der Waals surface area contributed by atoms with Gasteiger partial charge in [0.2, 0.25) is 0 Å². The third-order valence-electron chi connectivity index (χ3n) is 5.29. The Balaban J connectivity index is 1.63. The van der Waals surface area contributed by atoms with E-state index >= 15 is 0 Å². The predicted octanol–water partition coefficient (Wildman–Crippen LogP) is 3.74. The molecule has 1 aliphatic rings. The summed E-state index contributed by atoms with van der Waals surface area (Å²) in [7, 11) is 3.20. The molecule has 0 atom stereocenters. The summed E-state index contributed by atoms with van der Waals surface area (Å²) in [6.45, 7) is 0.767. The van der Waals surface area contributed by atoms with Gasteiger partial charge in [-0.1, -0.05) is 6.07 Å². The molecule has 0 unspecified atom stereocenters. The van der Waals surface area contributed by atoms with Crippen molar-refractivity contribution in [3.05, 3.63) is 64.9 Å². The van der Waals surface area contributed by atoms with Crippen LogP contribution in [0.25, 0.3) is 0 Å². The Hall–Kier alpha value is -3.22. The van der Waals surface area contributed by atoms with Crippen molar-refractivity contribution in [3.63, 3.8) is 0 Å². The molecule has 2 aromatic heterocycles. The van der Waals surface area contributed by atoms with Gasteiger partial charge in [0.15, 0.2) is 17.2 Å². The molecule has 3 aromatic rings. The second-order valence-corrected chi connectivity index (χ2v) is 7.17. The zero-order valence-corrected chi connectivity index (χ0v) is 16.7. The minimum absolute atomic E-state index is 0.101. The Morgan fingerprint density at radius 2 is 1.97 bits per heavy atom. The maximum Gasteiger partial charge on any atom is 0.275 e. The van der Waals surface area contributed by atoms with Crippen LogP contribution in [0.3, 0.4) is 0 Å². The number of nitrogens with one attached hydrogen (secondary N) is 1. The molecule has 1 amide bonds. The van der Waals surface area contributed by atoms with E-state index in [1.807, 2.05) is 30.3 Å². The molecule has 0 aliphatic heterocycles. The lowest BCUT2D eigenvalue weighted by Gasteiger charge is -2.22. The number of methoxy groups -OCH3 is 2. The molecule has 7 heteroatoms. The van der Waals surface area contributed by atoms with Crippen LogP contribution in [0.2, 0.25) is 0 Å². The highest BCUT2D eigenvalue weighted by atomic mass is 16.5. The maximum absolute atomic E-state index is 13.4. The monoisotopic (exact) mass is 395 g/mol. The van der Waals surface area contributed by atoms with Gasteiger partial charge in [-0.05, 0) is 55.5 Å². The van der Waals surface area contributed by atoms with E-state index in [0.29, 0.717) is 30.3 Å². The molecular formula is C22H25N3O4. The number of fused-ring (bicyclic) bond motifs is 1. The second kappa shape index (κ2) is 8.43. The standard InChI is InChI=1S/C22H25N3O4/c1-27-19-10-9-15(12-20(19)28-2)13-25(14-16-6-5-11-29-16)22(26)21-17-7-3-4-8-18(17)23-24-21/h5-6,9-12H,3-4,7-8,13-14H2,1-2H3,(H,23,24). The number of carbonyl (C=O) groups excluding carboxylic acids is 1. The largest absolute Gasteiger partial charge is 0.493 e. The quantitative estimate of drug-likeness (QED) is 0.659. The van der Waals surface area contributed by atoms with Crippen LogP contribution in [0.1, 0.15) is 45.9 Å². The average Bonchev–Trinajstić information content (AvgIpc) is 3.42. The molecule has 1 aromatic carbocycles. The van der Waals surface area contributed by atoms with Gasteiger partial charge in [-0.3, -0.25) is 9.89 Å². The molecule has 152 valence electrons. The van der Waals surface area contributed by atoms with Crippen molar-refractivity contribution in [1.82, 2.24) is 15.1 Å². The summed E-state index contributed by atoms with van der Waals surface area (Å²) in [6, 6.07) is 9.37. The van der Waals surface area contributed by atoms with E-state index < -0.39 is 0 Å². The summed E-state index contributed by atoms with van der Waals surface area (Å²) >= 11 is 0. The maximum atomic E-state index is 13.4. The van der Waals surface area contributed by atoms with E-state index in [4.69, 9.17) is 13.9 Å². The average molecular weight is 395 g/mol. The van der Waals surface area contributed by atoms with Gasteiger partial charge in [-0.15, -0.1) is 0 Å². The molecule has 0 spiro atoms. The predicted molar refractivity (Wildman–Crippen MR) is 107 cm³/mol. The smallest absolute Gasteiger partial charge is 0.275 e. The summed E-state index contributed by atoms with van der Waals surface area (Å²) in [5.41, 5.74) is 3.60. The fourth-order valence-electron chi connectivity index (χ4n) is 3.80. The van der Waals surface area contributed by atoms with E-state index in [9.17, 15) is 4.79 Å². The van der Waals surface area contributed by atoms with Crippen molar-refractivity contribution in [2.75, 3.05) is 14.2 Å². The summed E-state index contributed by atoms with van der Waals surface area (Å²) in [5, 5.41) is 7.42. The number of aromatic amines is 1. The molecule has 7 nitrogen and oxygen atoms in total. The number of aromatic nitrogens is 2. The van der Waals surface area contributed by atoms with Crippen LogP contribution in [0, 0.1) is 0 Å². The lowest BCUT2D eigenvalue weighted by molar-refractivity contribution is 0.0710. The van der Waals surface area contributed by atoms with Crippen molar-refractivity contribution in [2.45, 2.75) is 38.8 Å². The van der Waals surface area contributed by atoms with Gasteiger partial charge in [0, 0.05) is 17.8 Å². The van der Waals surface area contributed by atoms with E-state index in [0.717, 1.165) is 48.3 Å². The molecule has 1 aliphatic carbocycles. The lowest BCUT2D eigenvalue weighted by Crippen LogP contribution is -2.31. The van der Waals surface area contributed by atoms with Gasteiger partial charge in [-0.25, -0.2) is 0 Å². The van der Waals surface area contributed by atoms with Crippen molar-refractivity contribution in [1.29, 1.82) is 0 Å². The zero-order valence-electron chi connectivity index (χ0n) is 16.7. The number of nitrogens with zero attached hydrogens (tertiary/aromatic N) is 2. The van der Waals surface area contributed by atoms with Gasteiger partial charge >= 0.3 is 0 Å². The molecule has 1 N–H and O–H groups in total. The minimum atomic E-state index is -0.101. The van der Waals surface area contributed by atoms with Crippen LogP contribution in [0.5, 0.6) is 11.5 Å². The highest BCUT2D eigenvalue weighted by Gasteiger charge is 2.26. The Bertz CT molecular complexity index is 978. The highest BCUT2D eigenvalue weighted by molar-refractivity contribution is 5.94. The number of ether oxygens (including phenoxy) is 2. The minimum Gasteiger partial charge on any atom is -0.493 e. The molecule has 0 saturated carbocycles. The number of amides is 1. The number of H-pyrrole nitrogens is 1. The van der Waals surface area contributed by atoms with Gasteiger partial charge in [0.05, 0.1) is 27.0 Å². The first kappa shape index (κ1) is 19.1. The van der Waals surface area contributed by atoms with Crippen molar-refractivity contribution in [2.24, 2.45) is 0 Å². The number of furan rings is 1.